The van der Waals surface area contributed by atoms with E-state index in [9.17, 15) is 5.11 Å². The van der Waals surface area contributed by atoms with E-state index in [1.807, 2.05) is 12.1 Å². The summed E-state index contributed by atoms with van der Waals surface area (Å²) in [7, 11) is 0. The van der Waals surface area contributed by atoms with E-state index >= 15 is 0 Å². The van der Waals surface area contributed by atoms with Crippen molar-refractivity contribution in [2.24, 2.45) is 0 Å². The molecular formula is C14H22N2O2. The van der Waals surface area contributed by atoms with E-state index in [-0.39, 0.29) is 6.10 Å². The Labute approximate surface area is 109 Å². The highest BCUT2D eigenvalue weighted by Gasteiger charge is 2.26. The standard InChI is InChI=1S/C14H22N2O2/c1-2-7-16-8-9-18-14(11-16)13(17)10-12-3-5-15-6-4-12/h3-6,13-14,17H,2,7-11H2,1H3. The van der Waals surface area contributed by atoms with Crippen molar-refractivity contribution >= 4 is 0 Å². The molecule has 0 radical (unpaired) electrons. The summed E-state index contributed by atoms with van der Waals surface area (Å²) in [5, 5.41) is 10.2. The van der Waals surface area contributed by atoms with Crippen molar-refractivity contribution in [3.8, 4) is 0 Å². The van der Waals surface area contributed by atoms with Gasteiger partial charge >= 0.3 is 0 Å². The Morgan fingerprint density at radius 1 is 1.50 bits per heavy atom. The van der Waals surface area contributed by atoms with Crippen molar-refractivity contribution in [2.45, 2.75) is 32.0 Å². The minimum Gasteiger partial charge on any atom is -0.390 e. The SMILES string of the molecule is CCCN1CCOC(C(O)Cc2ccncc2)C1. The molecule has 1 saturated heterocycles. The predicted molar refractivity (Wildman–Crippen MR) is 70.4 cm³/mol. The number of pyridine rings is 1. The van der Waals surface area contributed by atoms with Gasteiger partial charge in [0.25, 0.3) is 0 Å². The lowest BCUT2D eigenvalue weighted by atomic mass is 10.0. The van der Waals surface area contributed by atoms with Crippen LogP contribution in [-0.2, 0) is 11.2 Å². The largest absolute Gasteiger partial charge is 0.390 e. The molecule has 1 aromatic rings. The maximum absolute atomic E-state index is 10.2. The van der Waals surface area contributed by atoms with E-state index in [0.29, 0.717) is 6.42 Å². The molecule has 1 aromatic heterocycles. The van der Waals surface area contributed by atoms with Crippen LogP contribution in [0, 0.1) is 0 Å². The molecule has 0 aliphatic carbocycles. The quantitative estimate of drug-likeness (QED) is 0.850. The minimum absolute atomic E-state index is 0.0709. The van der Waals surface area contributed by atoms with Gasteiger partial charge in [-0.1, -0.05) is 6.92 Å². The first-order valence-corrected chi connectivity index (χ1v) is 6.70. The third-order valence-corrected chi connectivity index (χ3v) is 3.34. The number of aliphatic hydroxyl groups is 1. The number of aromatic nitrogens is 1. The average Bonchev–Trinajstić information content (AvgIpc) is 2.40. The first kappa shape index (κ1) is 13.5. The van der Waals surface area contributed by atoms with Crippen LogP contribution in [0.15, 0.2) is 24.5 Å². The summed E-state index contributed by atoms with van der Waals surface area (Å²) in [6.45, 7) is 5.80. The number of hydrogen-bond acceptors (Lipinski definition) is 4. The third-order valence-electron chi connectivity index (χ3n) is 3.34. The molecule has 1 aliphatic rings. The van der Waals surface area contributed by atoms with Crippen molar-refractivity contribution in [1.29, 1.82) is 0 Å². The second-order valence-electron chi connectivity index (χ2n) is 4.84. The van der Waals surface area contributed by atoms with Crippen LogP contribution in [-0.4, -0.2) is 53.4 Å². The molecule has 0 bridgehead atoms. The lowest BCUT2D eigenvalue weighted by Gasteiger charge is -2.35. The molecule has 1 N–H and O–H groups in total. The fourth-order valence-electron chi connectivity index (χ4n) is 2.38. The smallest absolute Gasteiger partial charge is 0.0964 e. The van der Waals surface area contributed by atoms with Crippen LogP contribution in [0.2, 0.25) is 0 Å². The number of aliphatic hydroxyl groups excluding tert-OH is 1. The molecule has 0 aromatic carbocycles. The van der Waals surface area contributed by atoms with E-state index in [1.165, 1.54) is 0 Å². The molecular weight excluding hydrogens is 228 g/mol. The van der Waals surface area contributed by atoms with Crippen LogP contribution in [0.4, 0.5) is 0 Å². The lowest BCUT2D eigenvalue weighted by Crippen LogP contribution is -2.48. The summed E-state index contributed by atoms with van der Waals surface area (Å²) >= 11 is 0. The molecule has 0 amide bonds. The van der Waals surface area contributed by atoms with Crippen molar-refractivity contribution in [3.05, 3.63) is 30.1 Å². The topological polar surface area (TPSA) is 45.6 Å². The van der Waals surface area contributed by atoms with Crippen LogP contribution < -0.4 is 0 Å². The monoisotopic (exact) mass is 250 g/mol. The van der Waals surface area contributed by atoms with E-state index in [1.54, 1.807) is 12.4 Å². The van der Waals surface area contributed by atoms with Gasteiger partial charge in [-0.05, 0) is 30.7 Å². The minimum atomic E-state index is -0.438. The third kappa shape index (κ3) is 3.77. The van der Waals surface area contributed by atoms with Crippen molar-refractivity contribution in [1.82, 2.24) is 9.88 Å². The first-order valence-electron chi connectivity index (χ1n) is 6.70. The van der Waals surface area contributed by atoms with Gasteiger partial charge in [0.1, 0.15) is 0 Å². The molecule has 100 valence electrons. The zero-order chi connectivity index (χ0) is 12.8. The lowest BCUT2D eigenvalue weighted by molar-refractivity contribution is -0.0877. The number of nitrogens with zero attached hydrogens (tertiary/aromatic N) is 2. The Balaban J connectivity index is 1.86. The molecule has 2 heterocycles. The van der Waals surface area contributed by atoms with Gasteiger partial charge in [0.2, 0.25) is 0 Å². The van der Waals surface area contributed by atoms with E-state index in [4.69, 9.17) is 4.74 Å². The van der Waals surface area contributed by atoms with Crippen LogP contribution in [0.5, 0.6) is 0 Å². The number of hydrogen-bond donors (Lipinski definition) is 1. The van der Waals surface area contributed by atoms with Gasteiger partial charge in [0, 0.05) is 31.9 Å². The molecule has 18 heavy (non-hydrogen) atoms. The number of morpholine rings is 1. The molecule has 1 fully saturated rings. The summed E-state index contributed by atoms with van der Waals surface area (Å²) in [6, 6.07) is 3.88. The van der Waals surface area contributed by atoms with Gasteiger partial charge in [-0.3, -0.25) is 9.88 Å². The average molecular weight is 250 g/mol. The highest BCUT2D eigenvalue weighted by atomic mass is 16.5. The molecule has 1 aliphatic heterocycles. The van der Waals surface area contributed by atoms with Gasteiger partial charge in [-0.25, -0.2) is 0 Å². The maximum atomic E-state index is 10.2. The van der Waals surface area contributed by atoms with Crippen molar-refractivity contribution in [2.75, 3.05) is 26.2 Å². The number of ether oxygens (including phenoxy) is 1. The summed E-state index contributed by atoms with van der Waals surface area (Å²) in [4.78, 5) is 6.35. The Bertz CT molecular complexity index is 343. The van der Waals surface area contributed by atoms with Gasteiger partial charge in [0.05, 0.1) is 18.8 Å². The molecule has 0 spiro atoms. The molecule has 2 unspecified atom stereocenters. The highest BCUT2D eigenvalue weighted by molar-refractivity contribution is 5.11. The highest BCUT2D eigenvalue weighted by Crippen LogP contribution is 2.13. The Kier molecular flexibility index (Phi) is 5.11. The summed E-state index contributed by atoms with van der Waals surface area (Å²) in [6.07, 6.45) is 4.78. The van der Waals surface area contributed by atoms with Crippen molar-refractivity contribution in [3.63, 3.8) is 0 Å². The zero-order valence-electron chi connectivity index (χ0n) is 11.0. The van der Waals surface area contributed by atoms with E-state index in [2.05, 4.69) is 16.8 Å². The van der Waals surface area contributed by atoms with Gasteiger partial charge in [-0.2, -0.15) is 0 Å². The molecule has 0 saturated carbocycles. The summed E-state index contributed by atoms with van der Waals surface area (Å²) in [5.74, 6) is 0. The van der Waals surface area contributed by atoms with Gasteiger partial charge < -0.3 is 9.84 Å². The van der Waals surface area contributed by atoms with Crippen LogP contribution >= 0.6 is 0 Å². The fourth-order valence-corrected chi connectivity index (χ4v) is 2.38. The van der Waals surface area contributed by atoms with Crippen LogP contribution in [0.1, 0.15) is 18.9 Å². The molecule has 4 heteroatoms. The molecule has 2 rings (SSSR count). The Hall–Kier alpha value is -0.970. The van der Waals surface area contributed by atoms with Crippen LogP contribution in [0.25, 0.3) is 0 Å². The zero-order valence-corrected chi connectivity index (χ0v) is 11.0. The maximum Gasteiger partial charge on any atom is 0.0964 e. The number of rotatable bonds is 5. The molecule has 4 nitrogen and oxygen atoms in total. The van der Waals surface area contributed by atoms with Crippen LogP contribution in [0.3, 0.4) is 0 Å². The normalized spacial score (nSPS) is 22.9. The van der Waals surface area contributed by atoms with E-state index in [0.717, 1.165) is 38.2 Å². The fraction of sp³-hybridized carbons (Fsp3) is 0.643. The predicted octanol–water partition coefficient (Wildman–Crippen LogP) is 1.10. The van der Waals surface area contributed by atoms with Crippen molar-refractivity contribution < 1.29 is 9.84 Å². The molecule has 2 atom stereocenters. The Morgan fingerprint density at radius 2 is 2.28 bits per heavy atom. The van der Waals surface area contributed by atoms with Gasteiger partial charge in [-0.15, -0.1) is 0 Å². The second-order valence-corrected chi connectivity index (χ2v) is 4.84. The second kappa shape index (κ2) is 6.83. The summed E-state index contributed by atoms with van der Waals surface area (Å²) < 4.78 is 5.68. The summed E-state index contributed by atoms with van der Waals surface area (Å²) in [5.41, 5.74) is 1.11. The van der Waals surface area contributed by atoms with Gasteiger partial charge in [0.15, 0.2) is 0 Å². The van der Waals surface area contributed by atoms with E-state index < -0.39 is 6.10 Å². The Morgan fingerprint density at radius 3 is 3.00 bits per heavy atom. The first-order chi connectivity index (χ1) is 8.79.